The second kappa shape index (κ2) is 51.6. The Balaban J connectivity index is 0.000000539. The van der Waals surface area contributed by atoms with E-state index in [1.807, 2.05) is 124 Å². The lowest BCUT2D eigenvalue weighted by Gasteiger charge is -2.41. The number of carbonyl (C=O) groups is 11. The number of amides is 8. The molecule has 0 radical (unpaired) electrons. The van der Waals surface area contributed by atoms with E-state index < -0.39 is 150 Å². The topological polar surface area (TPSA) is 413 Å². The third-order valence-electron chi connectivity index (χ3n) is 24.9. The van der Waals surface area contributed by atoms with Crippen LogP contribution in [0.4, 0.5) is 4.79 Å². The van der Waals surface area contributed by atoms with E-state index in [0.717, 1.165) is 24.0 Å². The fraction of sp³-hybridized carbons (Fsp3) is 0.750. The fourth-order valence-electron chi connectivity index (χ4n) is 17.0. The van der Waals surface area contributed by atoms with Gasteiger partial charge in [-0.1, -0.05) is 171 Å². The second-order valence-corrected chi connectivity index (χ2v) is 40.7. The van der Waals surface area contributed by atoms with Gasteiger partial charge in [0, 0.05) is 93.8 Å². The zero-order valence-electron chi connectivity index (χ0n) is 78.6. The van der Waals surface area contributed by atoms with E-state index in [4.69, 9.17) is 29.4 Å². The molecule has 7 N–H and O–H groups in total. The van der Waals surface area contributed by atoms with Crippen LogP contribution < -0.4 is 25.8 Å². The number of nitrogens with zero attached hydrogens (tertiary/aromatic N) is 5. The highest BCUT2D eigenvalue weighted by atomic mass is 32.2. The standard InChI is InChI=1S/C43H71N5O9S.C36H65N3O9.C12H16N2O3S.CH4/c1-12-28(6)39(47(9)43(53)32(26(2)3)24-35(49)38(44-8)27(4)5)36(56-10)25-37(50)48-22-16-19-34(48)40(57-11)29(7)41(51)45-33(23-30-17-14-13-15-18-30)42(52)46-58(54,55)31-20-21-31;1-15-23(6)31(28(46-13)20-29(41)39-18-16-17-26(39)32(47-14)24(7)34(43)44)37(11)33(42)25(21(2)3)19-27(40)30(22(4)5)38(12)35(45)48-36(8,9)10;13-11(8-9-4-2-1-3-5-9)12(15)14-18(16,17)10-6-7-10;/h13-15,17-18,26-29,31-34,36,38-40,44H,12,16,19-25H2,1-11H3,(H,45,51)(H,46,52);21-26,28,30-32H,15-20H2,1-14H3,(H,43,44);1-5,10-11H,6-8,13H2,(H,14,15);1H4/t28-,29+,32-,33-,34-,36+,38-,39-,40+;23-,24+,25-,26-,28+,30-,31-,32+;11-;/m000./s1. The van der Waals surface area contributed by atoms with E-state index in [-0.39, 0.29) is 122 Å². The first kappa shape index (κ1) is 112. The van der Waals surface area contributed by atoms with Crippen LogP contribution in [0.1, 0.15) is 226 Å². The summed E-state index contributed by atoms with van der Waals surface area (Å²) in [5.41, 5.74) is 6.63. The van der Waals surface area contributed by atoms with Crippen LogP contribution in [0.25, 0.3) is 0 Å². The molecule has 4 aliphatic rings. The van der Waals surface area contributed by atoms with E-state index in [1.165, 1.54) is 26.2 Å². The predicted molar refractivity (Wildman–Crippen MR) is 483 cm³/mol. The maximum Gasteiger partial charge on any atom is 0.410 e. The second-order valence-electron chi connectivity index (χ2n) is 36.8. The van der Waals surface area contributed by atoms with Crippen LogP contribution in [-0.2, 0) is 105 Å². The highest BCUT2D eigenvalue weighted by Crippen LogP contribution is 2.36. The van der Waals surface area contributed by atoms with Gasteiger partial charge in [0.25, 0.3) is 11.8 Å². The molecular weight excluding hydrogens is 1650 g/mol. The number of sulfonamides is 2. The SMILES string of the molecule is C.CC[C@H](C)[C@@H]([C@@H](CC(=O)N1CCC[C@H]1[C@H](OC)[C@@H](C)C(=O)N[C@@H](Cc1ccccc1)C(=O)NS(=O)(=O)C1CC1)OC)N(C)C(=O)[C@@H](CC(=O)[C@@H](NC)C(C)C)C(C)C.CC[C@H](C)[C@@H]([C@@H](CC(=O)N1CCC[C@H]1[C@H](OC)[C@@H](C)C(=O)O)OC)N(C)C(=O)[C@@H](CC(=O)[C@H](C(C)C)N(C)C(=O)OC(C)(C)C)C(C)C.N[C@@H](Cc1ccccc1)C(=O)NS(=O)(=O)C1CC1. The van der Waals surface area contributed by atoms with E-state index in [9.17, 15) is 74.7 Å². The van der Waals surface area contributed by atoms with Crippen LogP contribution in [0.2, 0.25) is 0 Å². The molecule has 6 rings (SSSR count). The number of aliphatic carboxylic acids is 1. The summed E-state index contributed by atoms with van der Waals surface area (Å²) in [6.45, 7) is 32.9. The fourth-order valence-corrected chi connectivity index (χ4v) is 19.7. The maximum absolute atomic E-state index is 14.3. The largest absolute Gasteiger partial charge is 0.481 e. The van der Waals surface area contributed by atoms with Crippen molar-refractivity contribution in [3.8, 4) is 0 Å². The number of benzene rings is 2. The molecule has 2 heterocycles. The minimum Gasteiger partial charge on any atom is -0.481 e. The minimum atomic E-state index is -3.85. The zero-order valence-corrected chi connectivity index (χ0v) is 80.2. The van der Waals surface area contributed by atoms with E-state index >= 15 is 0 Å². The Morgan fingerprint density at radius 2 is 0.912 bits per heavy atom. The number of nitrogens with one attached hydrogen (secondary N) is 4. The summed E-state index contributed by atoms with van der Waals surface area (Å²) in [6, 6.07) is 13.4. The quantitative estimate of drug-likeness (QED) is 0.0359. The Bertz CT molecular complexity index is 4010. The Morgan fingerprint density at radius 3 is 1.26 bits per heavy atom. The molecule has 0 spiro atoms. The van der Waals surface area contributed by atoms with Gasteiger partial charge in [-0.3, -0.25) is 57.4 Å². The molecule has 2 aliphatic heterocycles. The summed E-state index contributed by atoms with van der Waals surface area (Å²) in [5, 5.41) is 14.5. The lowest BCUT2D eigenvalue weighted by molar-refractivity contribution is -0.152. The Kier molecular flexibility index (Phi) is 46.1. The number of hydrogen-bond donors (Lipinski definition) is 6. The van der Waals surface area contributed by atoms with Crippen molar-refractivity contribution >= 4 is 85.0 Å². The number of carbonyl (C=O) groups excluding carboxylic acids is 10. The van der Waals surface area contributed by atoms with Gasteiger partial charge in [0.2, 0.25) is 49.6 Å². The maximum atomic E-state index is 14.3. The van der Waals surface area contributed by atoms with Gasteiger partial charge < -0.3 is 69.7 Å². The van der Waals surface area contributed by atoms with Crippen molar-refractivity contribution < 1.29 is 98.4 Å². The van der Waals surface area contributed by atoms with E-state index in [2.05, 4.69) is 15.4 Å². The number of rotatable bonds is 47. The smallest absolute Gasteiger partial charge is 0.410 e. The van der Waals surface area contributed by atoms with Crippen LogP contribution >= 0.6 is 0 Å². The van der Waals surface area contributed by atoms with Crippen LogP contribution in [0, 0.1) is 59.2 Å². The molecule has 2 aromatic rings. The molecule has 0 bridgehead atoms. The number of carboxylic acids is 1. The first-order chi connectivity index (χ1) is 58.0. The molecule has 2 aliphatic carbocycles. The summed E-state index contributed by atoms with van der Waals surface area (Å²) in [5.74, 6) is -7.28. The van der Waals surface area contributed by atoms with Gasteiger partial charge in [-0.15, -0.1) is 0 Å². The van der Waals surface area contributed by atoms with Crippen LogP contribution in [0.5, 0.6) is 0 Å². The van der Waals surface area contributed by atoms with Crippen molar-refractivity contribution in [1.82, 2.24) is 44.6 Å². The average Bonchev–Trinajstić information content (AvgIpc) is 1.27. The first-order valence-corrected chi connectivity index (χ1v) is 47.4. The molecule has 712 valence electrons. The monoisotopic (exact) mass is 1800 g/mol. The first-order valence-electron chi connectivity index (χ1n) is 44.4. The lowest BCUT2D eigenvalue weighted by atomic mass is 9.83. The number of Topliss-reactive ketones (excluding diaryl/α,β-unsaturated/α-hetero) is 2. The highest BCUT2D eigenvalue weighted by molar-refractivity contribution is 7.91. The zero-order chi connectivity index (χ0) is 93.9. The van der Waals surface area contributed by atoms with Gasteiger partial charge in [0.15, 0.2) is 11.6 Å². The van der Waals surface area contributed by atoms with Gasteiger partial charge in [-0.05, 0) is 139 Å². The summed E-state index contributed by atoms with van der Waals surface area (Å²) < 4.78 is 81.7. The van der Waals surface area contributed by atoms with Gasteiger partial charge in [0.1, 0.15) is 11.6 Å². The number of carboxylic acid groups (broad SMARTS) is 1. The summed E-state index contributed by atoms with van der Waals surface area (Å²) in [6.07, 6.45) is 3.39. The van der Waals surface area contributed by atoms with Gasteiger partial charge in [-0.2, -0.15) is 0 Å². The highest BCUT2D eigenvalue weighted by Gasteiger charge is 2.48. The number of ketones is 2. The predicted octanol–water partition coefficient (Wildman–Crippen LogP) is 9.63. The molecule has 0 unspecified atom stereocenters. The molecule has 125 heavy (non-hydrogen) atoms. The van der Waals surface area contributed by atoms with Crippen LogP contribution in [-0.4, -0.2) is 270 Å². The Hall–Kier alpha value is -7.53. The summed E-state index contributed by atoms with van der Waals surface area (Å²) >= 11 is 0. The third-order valence-corrected chi connectivity index (χ3v) is 28.6. The molecular formula is C92H156N10O21S2. The molecule has 2 aromatic carbocycles. The number of ether oxygens (including phenoxy) is 5. The van der Waals surface area contributed by atoms with E-state index in [0.29, 0.717) is 70.9 Å². The number of hydrogen-bond acceptors (Lipinski definition) is 22. The van der Waals surface area contributed by atoms with Crippen molar-refractivity contribution in [3.05, 3.63) is 71.8 Å². The molecule has 4 fully saturated rings. The number of likely N-dealkylation sites (N-methyl/N-ethyl adjacent to an activating group) is 4. The molecule has 31 nitrogen and oxygen atoms in total. The van der Waals surface area contributed by atoms with Gasteiger partial charge in [0.05, 0.1) is 102 Å². The molecule has 33 heteroatoms. The molecule has 8 amide bonds. The van der Waals surface area contributed by atoms with Crippen molar-refractivity contribution in [1.29, 1.82) is 0 Å². The Morgan fingerprint density at radius 1 is 0.520 bits per heavy atom. The normalized spacial score (nSPS) is 19.3. The molecule has 2 saturated heterocycles. The molecule has 18 atom stereocenters. The van der Waals surface area contributed by atoms with Crippen molar-refractivity contribution in [2.24, 2.45) is 64.9 Å². The number of methoxy groups -OCH3 is 4. The summed E-state index contributed by atoms with van der Waals surface area (Å²) in [7, 11) is 5.41. The van der Waals surface area contributed by atoms with Crippen LogP contribution in [0.3, 0.4) is 0 Å². The average molecular weight is 1800 g/mol. The summed E-state index contributed by atoms with van der Waals surface area (Å²) in [4.78, 5) is 156. The lowest BCUT2D eigenvalue weighted by Crippen LogP contribution is -2.55. The van der Waals surface area contributed by atoms with E-state index in [1.54, 1.807) is 114 Å². The van der Waals surface area contributed by atoms with Gasteiger partial charge in [-0.25, -0.2) is 21.6 Å². The van der Waals surface area contributed by atoms with Crippen LogP contribution in [0.15, 0.2) is 60.7 Å². The van der Waals surface area contributed by atoms with Crippen molar-refractivity contribution in [2.75, 3.05) is 69.7 Å². The Labute approximate surface area is 747 Å². The van der Waals surface area contributed by atoms with Crippen molar-refractivity contribution in [2.45, 2.75) is 317 Å². The molecule has 2 saturated carbocycles. The van der Waals surface area contributed by atoms with Gasteiger partial charge >= 0.3 is 12.1 Å². The molecule has 0 aromatic heterocycles. The number of nitrogens with two attached hydrogens (primary N) is 1. The number of likely N-dealkylation sites (tertiary alicyclic amines) is 2. The third kappa shape index (κ3) is 32.9. The van der Waals surface area contributed by atoms with Crippen molar-refractivity contribution in [3.63, 3.8) is 0 Å². The minimum absolute atomic E-state index is 0.